The van der Waals surface area contributed by atoms with Gasteiger partial charge in [-0.05, 0) is 30.7 Å². The Morgan fingerprint density at radius 2 is 2.00 bits per heavy atom. The third-order valence-electron chi connectivity index (χ3n) is 3.40. The summed E-state index contributed by atoms with van der Waals surface area (Å²) in [5.41, 5.74) is -0.198. The molecule has 0 amide bonds. The predicted octanol–water partition coefficient (Wildman–Crippen LogP) is 1.73. The van der Waals surface area contributed by atoms with E-state index < -0.39 is 10.0 Å². The van der Waals surface area contributed by atoms with E-state index in [2.05, 4.69) is 17.0 Å². The van der Waals surface area contributed by atoms with Gasteiger partial charge in [0.1, 0.15) is 0 Å². The van der Waals surface area contributed by atoms with Gasteiger partial charge in [-0.15, -0.1) is 0 Å². The highest BCUT2D eigenvalue weighted by atomic mass is 32.2. The number of hydrogen-bond acceptors (Lipinski definition) is 3. The van der Waals surface area contributed by atoms with Crippen LogP contribution in [-0.4, -0.2) is 33.3 Å². The van der Waals surface area contributed by atoms with Gasteiger partial charge in [0.15, 0.2) is 0 Å². The van der Waals surface area contributed by atoms with Gasteiger partial charge in [-0.2, -0.15) is 0 Å². The predicted molar refractivity (Wildman–Crippen MR) is 76.1 cm³/mol. The molecule has 1 heterocycles. The molecule has 0 saturated carbocycles. The van der Waals surface area contributed by atoms with Gasteiger partial charge in [0.25, 0.3) is 0 Å². The van der Waals surface area contributed by atoms with E-state index in [0.29, 0.717) is 18.5 Å². The van der Waals surface area contributed by atoms with Crippen molar-refractivity contribution in [3.8, 4) is 0 Å². The van der Waals surface area contributed by atoms with Crippen molar-refractivity contribution in [1.29, 1.82) is 0 Å². The lowest BCUT2D eigenvalue weighted by Gasteiger charge is -2.32. The SMILES string of the molecule is CCC1CCCNC1CNS(=O)(=O)CC(C)(C)C. The molecule has 5 heteroatoms. The van der Waals surface area contributed by atoms with Crippen molar-refractivity contribution >= 4 is 10.0 Å². The van der Waals surface area contributed by atoms with E-state index in [0.717, 1.165) is 13.0 Å². The van der Waals surface area contributed by atoms with E-state index in [1.807, 2.05) is 20.8 Å². The second kappa shape index (κ2) is 6.35. The Balaban J connectivity index is 2.48. The van der Waals surface area contributed by atoms with Gasteiger partial charge >= 0.3 is 0 Å². The summed E-state index contributed by atoms with van der Waals surface area (Å²) in [6, 6.07) is 0.290. The molecule has 0 spiro atoms. The zero-order valence-electron chi connectivity index (χ0n) is 12.1. The monoisotopic (exact) mass is 276 g/mol. The second-order valence-electron chi connectivity index (χ2n) is 6.54. The first-order valence-corrected chi connectivity index (χ1v) is 8.59. The maximum atomic E-state index is 11.9. The molecule has 1 saturated heterocycles. The third-order valence-corrected chi connectivity index (χ3v) is 5.25. The lowest BCUT2D eigenvalue weighted by atomic mass is 9.89. The van der Waals surface area contributed by atoms with Gasteiger partial charge in [-0.1, -0.05) is 34.1 Å². The summed E-state index contributed by atoms with van der Waals surface area (Å²) in [6.07, 6.45) is 3.51. The minimum absolute atomic E-state index is 0.184. The summed E-state index contributed by atoms with van der Waals surface area (Å²) < 4.78 is 26.6. The molecular weight excluding hydrogens is 248 g/mol. The van der Waals surface area contributed by atoms with E-state index in [1.54, 1.807) is 0 Å². The van der Waals surface area contributed by atoms with Gasteiger partial charge in [-0.25, -0.2) is 13.1 Å². The van der Waals surface area contributed by atoms with Crippen molar-refractivity contribution in [2.45, 2.75) is 53.0 Å². The Labute approximate surface area is 112 Å². The molecule has 1 aliphatic rings. The molecule has 1 rings (SSSR count). The van der Waals surface area contributed by atoms with Crippen molar-refractivity contribution < 1.29 is 8.42 Å². The molecule has 4 nitrogen and oxygen atoms in total. The van der Waals surface area contributed by atoms with Crippen LogP contribution in [-0.2, 0) is 10.0 Å². The molecule has 0 aromatic rings. The van der Waals surface area contributed by atoms with Crippen molar-refractivity contribution in [2.24, 2.45) is 11.3 Å². The smallest absolute Gasteiger partial charge is 0.212 e. The van der Waals surface area contributed by atoms with Crippen LogP contribution in [0.4, 0.5) is 0 Å². The number of hydrogen-bond donors (Lipinski definition) is 2. The van der Waals surface area contributed by atoms with Crippen LogP contribution in [0.15, 0.2) is 0 Å². The van der Waals surface area contributed by atoms with Gasteiger partial charge in [-0.3, -0.25) is 0 Å². The van der Waals surface area contributed by atoms with Crippen LogP contribution < -0.4 is 10.0 Å². The summed E-state index contributed by atoms with van der Waals surface area (Å²) in [5, 5.41) is 3.43. The molecule has 1 fully saturated rings. The zero-order chi connectivity index (χ0) is 13.8. The molecule has 0 aromatic heterocycles. The molecule has 0 radical (unpaired) electrons. The van der Waals surface area contributed by atoms with Crippen LogP contribution >= 0.6 is 0 Å². The fourth-order valence-electron chi connectivity index (χ4n) is 2.58. The standard InChI is InChI=1S/C13H28N2O2S/c1-5-11-7-6-8-14-12(11)9-15-18(16,17)10-13(2,3)4/h11-12,14-15H,5-10H2,1-4H3. The van der Waals surface area contributed by atoms with Crippen LogP contribution in [0.3, 0.4) is 0 Å². The first-order chi connectivity index (χ1) is 8.23. The van der Waals surface area contributed by atoms with Gasteiger partial charge in [0.2, 0.25) is 10.0 Å². The van der Waals surface area contributed by atoms with E-state index >= 15 is 0 Å². The molecule has 2 N–H and O–H groups in total. The molecule has 108 valence electrons. The van der Waals surface area contributed by atoms with Gasteiger partial charge in [0.05, 0.1) is 5.75 Å². The average molecular weight is 276 g/mol. The van der Waals surface area contributed by atoms with Crippen LogP contribution in [0.1, 0.15) is 47.0 Å². The first-order valence-electron chi connectivity index (χ1n) is 6.94. The molecular formula is C13H28N2O2S. The highest BCUT2D eigenvalue weighted by Crippen LogP contribution is 2.20. The number of sulfonamides is 1. The Morgan fingerprint density at radius 3 is 2.56 bits per heavy atom. The normalized spacial score (nSPS) is 26.2. The molecule has 0 bridgehead atoms. The van der Waals surface area contributed by atoms with Gasteiger partial charge in [0, 0.05) is 12.6 Å². The minimum atomic E-state index is -3.16. The summed E-state index contributed by atoms with van der Waals surface area (Å²) in [4.78, 5) is 0. The Bertz CT molecular complexity index is 346. The second-order valence-corrected chi connectivity index (χ2v) is 8.35. The fraction of sp³-hybridized carbons (Fsp3) is 1.00. The van der Waals surface area contributed by atoms with Crippen molar-refractivity contribution in [3.05, 3.63) is 0 Å². The van der Waals surface area contributed by atoms with Gasteiger partial charge < -0.3 is 5.32 Å². The minimum Gasteiger partial charge on any atom is -0.312 e. The molecule has 18 heavy (non-hydrogen) atoms. The quantitative estimate of drug-likeness (QED) is 0.804. The molecule has 0 aliphatic carbocycles. The summed E-state index contributed by atoms with van der Waals surface area (Å²) in [5.74, 6) is 0.778. The van der Waals surface area contributed by atoms with Crippen LogP contribution in [0.25, 0.3) is 0 Å². The highest BCUT2D eigenvalue weighted by Gasteiger charge is 2.26. The van der Waals surface area contributed by atoms with Crippen molar-refractivity contribution in [3.63, 3.8) is 0 Å². The number of piperidine rings is 1. The summed E-state index contributed by atoms with van der Waals surface area (Å²) >= 11 is 0. The lowest BCUT2D eigenvalue weighted by molar-refractivity contribution is 0.273. The Hall–Kier alpha value is -0.130. The van der Waals surface area contributed by atoms with E-state index in [9.17, 15) is 8.42 Å². The molecule has 2 unspecified atom stereocenters. The van der Waals surface area contributed by atoms with Crippen LogP contribution in [0.5, 0.6) is 0 Å². The van der Waals surface area contributed by atoms with E-state index in [-0.39, 0.29) is 11.2 Å². The van der Waals surface area contributed by atoms with Crippen LogP contribution in [0.2, 0.25) is 0 Å². The molecule has 0 aromatic carbocycles. The molecule has 1 aliphatic heterocycles. The highest BCUT2D eigenvalue weighted by molar-refractivity contribution is 7.89. The summed E-state index contributed by atoms with van der Waals surface area (Å²) in [6.45, 7) is 9.53. The maximum Gasteiger partial charge on any atom is 0.212 e. The zero-order valence-corrected chi connectivity index (χ0v) is 12.9. The Morgan fingerprint density at radius 1 is 1.33 bits per heavy atom. The van der Waals surface area contributed by atoms with Crippen molar-refractivity contribution in [2.75, 3.05) is 18.8 Å². The molecule has 2 atom stereocenters. The Kier molecular flexibility index (Phi) is 5.62. The van der Waals surface area contributed by atoms with Crippen LogP contribution in [0, 0.1) is 11.3 Å². The van der Waals surface area contributed by atoms with E-state index in [1.165, 1.54) is 12.8 Å². The first kappa shape index (κ1) is 15.9. The number of nitrogens with one attached hydrogen (secondary N) is 2. The topological polar surface area (TPSA) is 58.2 Å². The van der Waals surface area contributed by atoms with Crippen molar-refractivity contribution in [1.82, 2.24) is 10.0 Å². The summed E-state index contributed by atoms with van der Waals surface area (Å²) in [7, 11) is -3.16. The fourth-order valence-corrected chi connectivity index (χ4v) is 4.26. The maximum absolute atomic E-state index is 11.9. The number of rotatable bonds is 5. The largest absolute Gasteiger partial charge is 0.312 e. The van der Waals surface area contributed by atoms with E-state index in [4.69, 9.17) is 0 Å². The lowest BCUT2D eigenvalue weighted by Crippen LogP contribution is -2.49. The third kappa shape index (κ3) is 5.67. The average Bonchev–Trinajstić information content (AvgIpc) is 2.23.